The number of esters is 1. The Morgan fingerprint density at radius 1 is 1.42 bits per heavy atom. The lowest BCUT2D eigenvalue weighted by molar-refractivity contribution is -0.148. The smallest absolute Gasteiger partial charge is 0.323 e. The molecular weight excluding hydrogens is 252 g/mol. The Balaban J connectivity index is 2.13. The molecule has 1 aliphatic heterocycles. The number of halogens is 2. The number of carbonyl (C=O) groups is 1. The van der Waals surface area contributed by atoms with Gasteiger partial charge in [0.25, 0.3) is 0 Å². The molecule has 0 saturated carbocycles. The highest BCUT2D eigenvalue weighted by molar-refractivity contribution is 5.75. The molecule has 0 amide bonds. The van der Waals surface area contributed by atoms with Crippen molar-refractivity contribution in [1.82, 2.24) is 4.90 Å². The first-order valence-corrected chi connectivity index (χ1v) is 6.37. The molecule has 104 valence electrons. The van der Waals surface area contributed by atoms with Crippen molar-refractivity contribution < 1.29 is 18.3 Å². The highest BCUT2D eigenvalue weighted by Crippen LogP contribution is 2.22. The van der Waals surface area contributed by atoms with Crippen LogP contribution in [0.3, 0.4) is 0 Å². The van der Waals surface area contributed by atoms with Crippen molar-refractivity contribution in [3.8, 4) is 0 Å². The number of likely N-dealkylation sites (tertiary alicyclic amines) is 1. The zero-order valence-electron chi connectivity index (χ0n) is 10.9. The van der Waals surface area contributed by atoms with Crippen LogP contribution in [-0.2, 0) is 16.1 Å². The van der Waals surface area contributed by atoms with Crippen molar-refractivity contribution in [3.05, 3.63) is 35.4 Å². The van der Waals surface area contributed by atoms with Crippen molar-refractivity contribution in [1.29, 1.82) is 0 Å². The molecule has 1 aliphatic rings. The van der Waals surface area contributed by atoms with E-state index >= 15 is 0 Å². The van der Waals surface area contributed by atoms with E-state index in [1.165, 1.54) is 19.2 Å². The minimum atomic E-state index is -0.593. The summed E-state index contributed by atoms with van der Waals surface area (Å²) in [7, 11) is 1.35. The minimum absolute atomic E-state index is 0.290. The van der Waals surface area contributed by atoms with Crippen LogP contribution >= 0.6 is 0 Å². The predicted octanol–water partition coefficient (Wildman–Crippen LogP) is 2.49. The summed E-state index contributed by atoms with van der Waals surface area (Å²) in [6, 6.07) is 3.19. The molecule has 0 spiro atoms. The Morgan fingerprint density at radius 2 is 2.21 bits per heavy atom. The molecule has 1 fully saturated rings. The van der Waals surface area contributed by atoms with Gasteiger partial charge in [-0.15, -0.1) is 0 Å². The maximum absolute atomic E-state index is 13.6. The fourth-order valence-electron chi connectivity index (χ4n) is 2.45. The summed E-state index contributed by atoms with van der Waals surface area (Å²) in [5, 5.41) is 0. The summed E-state index contributed by atoms with van der Waals surface area (Å²) in [5.41, 5.74) is 0.400. The van der Waals surface area contributed by atoms with E-state index in [0.29, 0.717) is 12.1 Å². The van der Waals surface area contributed by atoms with Crippen LogP contribution in [0, 0.1) is 11.6 Å². The zero-order chi connectivity index (χ0) is 13.8. The van der Waals surface area contributed by atoms with Gasteiger partial charge in [0.2, 0.25) is 0 Å². The third-order valence-corrected chi connectivity index (χ3v) is 3.48. The molecular formula is C14H17F2NO2. The van der Waals surface area contributed by atoms with Crippen molar-refractivity contribution in [3.63, 3.8) is 0 Å². The van der Waals surface area contributed by atoms with Gasteiger partial charge >= 0.3 is 5.97 Å². The molecule has 0 N–H and O–H groups in total. The highest BCUT2D eigenvalue weighted by atomic mass is 19.1. The first kappa shape index (κ1) is 13.9. The Labute approximate surface area is 111 Å². The van der Waals surface area contributed by atoms with Gasteiger partial charge in [-0.25, -0.2) is 8.78 Å². The standard InChI is InChI=1S/C14H17F2NO2/c1-19-14(18)13-4-2-3-7-17(13)9-10-5-6-11(15)8-12(10)16/h5-6,8,13H,2-4,7,9H2,1H3/t13-/m1/s1. The summed E-state index contributed by atoms with van der Waals surface area (Å²) < 4.78 is 31.3. The molecule has 0 unspecified atom stereocenters. The number of hydrogen-bond acceptors (Lipinski definition) is 3. The average Bonchev–Trinajstić information content (AvgIpc) is 2.41. The van der Waals surface area contributed by atoms with Gasteiger partial charge in [-0.1, -0.05) is 12.5 Å². The number of carbonyl (C=O) groups excluding carboxylic acids is 1. The monoisotopic (exact) mass is 269 g/mol. The summed E-state index contributed by atoms with van der Waals surface area (Å²) >= 11 is 0. The van der Waals surface area contributed by atoms with E-state index < -0.39 is 11.6 Å². The molecule has 0 aromatic heterocycles. The highest BCUT2D eigenvalue weighted by Gasteiger charge is 2.29. The number of methoxy groups -OCH3 is 1. The van der Waals surface area contributed by atoms with Gasteiger partial charge < -0.3 is 4.74 Å². The molecule has 1 saturated heterocycles. The predicted molar refractivity (Wildman–Crippen MR) is 66.4 cm³/mol. The summed E-state index contributed by atoms with van der Waals surface area (Å²) in [6.07, 6.45) is 2.65. The normalized spacial score (nSPS) is 20.3. The van der Waals surface area contributed by atoms with Gasteiger partial charge in [-0.2, -0.15) is 0 Å². The van der Waals surface area contributed by atoms with E-state index in [1.54, 1.807) is 0 Å². The third kappa shape index (κ3) is 3.29. The molecule has 0 bridgehead atoms. The third-order valence-electron chi connectivity index (χ3n) is 3.48. The molecule has 0 aliphatic carbocycles. The average molecular weight is 269 g/mol. The minimum Gasteiger partial charge on any atom is -0.468 e. The topological polar surface area (TPSA) is 29.5 Å². The fourth-order valence-corrected chi connectivity index (χ4v) is 2.45. The molecule has 5 heteroatoms. The number of ether oxygens (including phenoxy) is 1. The van der Waals surface area contributed by atoms with Crippen LogP contribution in [0.2, 0.25) is 0 Å². The van der Waals surface area contributed by atoms with Crippen LogP contribution in [0.15, 0.2) is 18.2 Å². The van der Waals surface area contributed by atoms with Crippen molar-refractivity contribution in [2.75, 3.05) is 13.7 Å². The lowest BCUT2D eigenvalue weighted by Gasteiger charge is -2.33. The maximum atomic E-state index is 13.6. The second-order valence-corrected chi connectivity index (χ2v) is 4.74. The first-order valence-electron chi connectivity index (χ1n) is 6.37. The number of hydrogen-bond donors (Lipinski definition) is 0. The van der Waals surface area contributed by atoms with E-state index in [2.05, 4.69) is 0 Å². The van der Waals surface area contributed by atoms with Crippen molar-refractivity contribution >= 4 is 5.97 Å². The van der Waals surface area contributed by atoms with Crippen LogP contribution in [0.25, 0.3) is 0 Å². The number of rotatable bonds is 3. The van der Waals surface area contributed by atoms with E-state index in [-0.39, 0.29) is 12.0 Å². The van der Waals surface area contributed by atoms with E-state index in [9.17, 15) is 13.6 Å². The molecule has 1 heterocycles. The van der Waals surface area contributed by atoms with Gasteiger partial charge in [0.05, 0.1) is 7.11 Å². The van der Waals surface area contributed by atoms with Gasteiger partial charge in [0, 0.05) is 18.2 Å². The molecule has 1 aromatic rings. The summed E-state index contributed by atoms with van der Waals surface area (Å²) in [6.45, 7) is 1.02. The van der Waals surface area contributed by atoms with Gasteiger partial charge in [-0.05, 0) is 25.5 Å². The SMILES string of the molecule is COC(=O)[C@H]1CCCCN1Cc1ccc(F)cc1F. The van der Waals surface area contributed by atoms with Crippen LogP contribution in [0.4, 0.5) is 8.78 Å². The second kappa shape index (κ2) is 6.10. The van der Waals surface area contributed by atoms with E-state index in [1.807, 2.05) is 4.90 Å². The van der Waals surface area contributed by atoms with E-state index in [4.69, 9.17) is 4.74 Å². The fraction of sp³-hybridized carbons (Fsp3) is 0.500. The summed E-state index contributed by atoms with van der Waals surface area (Å²) in [5.74, 6) is -1.46. The Morgan fingerprint density at radius 3 is 2.89 bits per heavy atom. The number of benzene rings is 1. The van der Waals surface area contributed by atoms with Crippen LogP contribution in [-0.4, -0.2) is 30.6 Å². The lowest BCUT2D eigenvalue weighted by atomic mass is 10.0. The summed E-state index contributed by atoms with van der Waals surface area (Å²) in [4.78, 5) is 13.6. The van der Waals surface area contributed by atoms with Gasteiger partial charge in [0.1, 0.15) is 17.7 Å². The molecule has 2 rings (SSSR count). The van der Waals surface area contributed by atoms with Crippen LogP contribution in [0.5, 0.6) is 0 Å². The molecule has 1 atom stereocenters. The quantitative estimate of drug-likeness (QED) is 0.790. The Hall–Kier alpha value is -1.49. The Bertz CT molecular complexity index is 465. The van der Waals surface area contributed by atoms with Gasteiger partial charge in [0.15, 0.2) is 0 Å². The molecule has 0 radical (unpaired) electrons. The van der Waals surface area contributed by atoms with Crippen LogP contribution < -0.4 is 0 Å². The largest absolute Gasteiger partial charge is 0.468 e. The van der Waals surface area contributed by atoms with Crippen molar-refractivity contribution in [2.45, 2.75) is 31.8 Å². The molecule has 19 heavy (non-hydrogen) atoms. The number of piperidine rings is 1. The Kier molecular flexibility index (Phi) is 4.47. The molecule has 3 nitrogen and oxygen atoms in total. The van der Waals surface area contributed by atoms with Crippen LogP contribution in [0.1, 0.15) is 24.8 Å². The maximum Gasteiger partial charge on any atom is 0.323 e. The number of nitrogens with zero attached hydrogens (tertiary/aromatic N) is 1. The van der Waals surface area contributed by atoms with E-state index in [0.717, 1.165) is 31.9 Å². The first-order chi connectivity index (χ1) is 9.11. The zero-order valence-corrected chi connectivity index (χ0v) is 10.9. The van der Waals surface area contributed by atoms with Crippen molar-refractivity contribution in [2.24, 2.45) is 0 Å². The van der Waals surface area contributed by atoms with Gasteiger partial charge in [-0.3, -0.25) is 9.69 Å². The lowest BCUT2D eigenvalue weighted by Crippen LogP contribution is -2.44. The molecule has 1 aromatic carbocycles. The second-order valence-electron chi connectivity index (χ2n) is 4.74.